The third kappa shape index (κ3) is 5.54. The summed E-state index contributed by atoms with van der Waals surface area (Å²) >= 11 is 0. The maximum Gasteiger partial charge on any atom is 0.251 e. The van der Waals surface area contributed by atoms with Gasteiger partial charge >= 0.3 is 0 Å². The third-order valence-corrected chi connectivity index (χ3v) is 8.27. The van der Waals surface area contributed by atoms with Crippen LogP contribution < -0.4 is 10.6 Å². The lowest BCUT2D eigenvalue weighted by atomic mass is 10.1. The molecule has 0 radical (unpaired) electrons. The Bertz CT molecular complexity index is 1340. The summed E-state index contributed by atoms with van der Waals surface area (Å²) in [7, 11) is -0.0895. The zero-order chi connectivity index (χ0) is 25.0. The van der Waals surface area contributed by atoms with Gasteiger partial charge in [0, 0.05) is 52.1 Å². The van der Waals surface area contributed by atoms with Crippen molar-refractivity contribution in [3.8, 4) is 0 Å². The van der Waals surface area contributed by atoms with E-state index in [1.165, 1.54) is 0 Å². The van der Waals surface area contributed by atoms with Crippen LogP contribution in [0.2, 0.25) is 0 Å². The molecule has 1 aromatic heterocycles. The lowest BCUT2D eigenvalue weighted by Crippen LogP contribution is -2.35. The number of carbonyl (C=O) groups is 2. The van der Waals surface area contributed by atoms with Crippen molar-refractivity contribution in [1.82, 2.24) is 24.5 Å². The van der Waals surface area contributed by atoms with E-state index in [0.29, 0.717) is 43.0 Å². The van der Waals surface area contributed by atoms with Crippen LogP contribution in [0.15, 0.2) is 47.4 Å². The maximum absolute atomic E-state index is 13.0. The first-order valence-corrected chi connectivity index (χ1v) is 13.3. The molecule has 0 saturated carbocycles. The summed E-state index contributed by atoms with van der Waals surface area (Å²) in [5, 5.41) is 5.46. The molecular formula is C25H31N5O4S. The molecule has 0 bridgehead atoms. The van der Waals surface area contributed by atoms with E-state index in [1.54, 1.807) is 47.8 Å². The van der Waals surface area contributed by atoms with Crippen LogP contribution in [0.5, 0.6) is 0 Å². The third-order valence-electron chi connectivity index (χ3n) is 6.38. The number of piperidine rings is 1. The molecule has 1 aliphatic heterocycles. The highest BCUT2D eigenvalue weighted by Gasteiger charge is 2.26. The molecule has 2 aromatic carbocycles. The fourth-order valence-electron chi connectivity index (χ4n) is 4.35. The van der Waals surface area contributed by atoms with Gasteiger partial charge in [-0.3, -0.25) is 9.59 Å². The Kier molecular flexibility index (Phi) is 7.51. The molecule has 4 rings (SSSR count). The zero-order valence-corrected chi connectivity index (χ0v) is 20.9. The van der Waals surface area contributed by atoms with Gasteiger partial charge in [0.15, 0.2) is 0 Å². The van der Waals surface area contributed by atoms with Gasteiger partial charge in [0.25, 0.3) is 5.91 Å². The van der Waals surface area contributed by atoms with Crippen molar-refractivity contribution >= 4 is 32.9 Å². The van der Waals surface area contributed by atoms with E-state index in [1.807, 2.05) is 17.7 Å². The first-order valence-electron chi connectivity index (χ1n) is 11.8. The molecule has 0 spiro atoms. The number of nitrogens with zero attached hydrogens (tertiary/aromatic N) is 3. The van der Waals surface area contributed by atoms with Crippen molar-refractivity contribution in [2.75, 3.05) is 20.1 Å². The molecule has 1 fully saturated rings. The van der Waals surface area contributed by atoms with E-state index in [2.05, 4.69) is 15.6 Å². The van der Waals surface area contributed by atoms with Gasteiger partial charge in [0.05, 0.1) is 15.9 Å². The highest BCUT2D eigenvalue weighted by atomic mass is 32.2. The van der Waals surface area contributed by atoms with Gasteiger partial charge in [-0.1, -0.05) is 18.6 Å². The second-order valence-corrected chi connectivity index (χ2v) is 10.7. The minimum absolute atomic E-state index is 0.129. The van der Waals surface area contributed by atoms with Gasteiger partial charge in [-0.25, -0.2) is 13.4 Å². The highest BCUT2D eigenvalue weighted by molar-refractivity contribution is 7.89. The summed E-state index contributed by atoms with van der Waals surface area (Å²) in [5.74, 6) is 0.409. The molecule has 3 aromatic rings. The summed E-state index contributed by atoms with van der Waals surface area (Å²) in [6.07, 6.45) is 3.49. The van der Waals surface area contributed by atoms with Gasteiger partial charge in [0.1, 0.15) is 5.82 Å². The summed E-state index contributed by atoms with van der Waals surface area (Å²) in [6.45, 7) is 1.43. The Labute approximate surface area is 205 Å². The predicted octanol–water partition coefficient (Wildman–Crippen LogP) is 2.36. The minimum atomic E-state index is -3.53. The lowest BCUT2D eigenvalue weighted by molar-refractivity contribution is -0.121. The fraction of sp³-hybridized carbons (Fsp3) is 0.400. The van der Waals surface area contributed by atoms with Crippen molar-refractivity contribution < 1.29 is 18.0 Å². The molecule has 0 aliphatic carbocycles. The summed E-state index contributed by atoms with van der Waals surface area (Å²) in [5.41, 5.74) is 2.81. The number of fused-ring (bicyclic) bond motifs is 1. The van der Waals surface area contributed by atoms with Crippen LogP contribution in [0.1, 0.15) is 47.4 Å². The molecule has 10 heteroatoms. The Balaban J connectivity index is 1.40. The number of amides is 2. The van der Waals surface area contributed by atoms with Crippen LogP contribution in [0.4, 0.5) is 0 Å². The second kappa shape index (κ2) is 10.6. The quantitative estimate of drug-likeness (QED) is 0.496. The number of rotatable bonds is 8. The summed E-state index contributed by atoms with van der Waals surface area (Å²) < 4.78 is 29.5. The van der Waals surface area contributed by atoms with Crippen LogP contribution in [0, 0.1) is 0 Å². The van der Waals surface area contributed by atoms with Crippen LogP contribution in [-0.2, 0) is 34.8 Å². The van der Waals surface area contributed by atoms with Crippen molar-refractivity contribution in [1.29, 1.82) is 0 Å². The van der Waals surface area contributed by atoms with Crippen LogP contribution >= 0.6 is 0 Å². The van der Waals surface area contributed by atoms with Crippen LogP contribution in [0.25, 0.3) is 11.0 Å². The van der Waals surface area contributed by atoms with E-state index in [9.17, 15) is 18.0 Å². The van der Waals surface area contributed by atoms with Crippen molar-refractivity contribution in [3.63, 3.8) is 0 Å². The molecule has 1 aliphatic rings. The standard InChI is InChI=1S/C25H31N5O4S/c1-26-25(32)19-8-6-7-18(15-19)17-27-24(31)12-11-23-28-21-16-20(9-10-22(21)29(23)2)35(33,34)30-13-4-3-5-14-30/h6-10,15-16H,3-5,11-14,17H2,1-2H3,(H,26,32)(H,27,31). The largest absolute Gasteiger partial charge is 0.355 e. The maximum atomic E-state index is 13.0. The van der Waals surface area contributed by atoms with E-state index in [-0.39, 0.29) is 23.1 Å². The molecule has 0 atom stereocenters. The Morgan fingerprint density at radius 2 is 1.83 bits per heavy atom. The Morgan fingerprint density at radius 3 is 2.57 bits per heavy atom. The van der Waals surface area contributed by atoms with Gasteiger partial charge < -0.3 is 15.2 Å². The normalized spacial score (nSPS) is 14.7. The lowest BCUT2D eigenvalue weighted by Gasteiger charge is -2.25. The summed E-state index contributed by atoms with van der Waals surface area (Å²) in [6, 6.07) is 12.2. The van der Waals surface area contributed by atoms with Gasteiger partial charge in [-0.05, 0) is 48.7 Å². The highest BCUT2D eigenvalue weighted by Crippen LogP contribution is 2.25. The van der Waals surface area contributed by atoms with Crippen molar-refractivity contribution in [2.45, 2.75) is 43.5 Å². The van der Waals surface area contributed by atoms with Crippen LogP contribution in [-0.4, -0.2) is 54.2 Å². The van der Waals surface area contributed by atoms with E-state index in [4.69, 9.17) is 0 Å². The minimum Gasteiger partial charge on any atom is -0.355 e. The number of imidazole rings is 1. The van der Waals surface area contributed by atoms with Gasteiger partial charge in [-0.15, -0.1) is 0 Å². The van der Waals surface area contributed by atoms with E-state index >= 15 is 0 Å². The average Bonchev–Trinajstić information content (AvgIpc) is 3.21. The molecule has 186 valence electrons. The van der Waals surface area contributed by atoms with Gasteiger partial charge in [0.2, 0.25) is 15.9 Å². The fourth-order valence-corrected chi connectivity index (χ4v) is 5.89. The molecule has 2 amide bonds. The first-order chi connectivity index (χ1) is 16.8. The Hall–Kier alpha value is -3.24. The number of benzene rings is 2. The molecule has 9 nitrogen and oxygen atoms in total. The van der Waals surface area contributed by atoms with E-state index in [0.717, 1.165) is 30.3 Å². The van der Waals surface area contributed by atoms with Crippen LogP contribution in [0.3, 0.4) is 0 Å². The number of hydrogen-bond donors (Lipinski definition) is 2. The molecule has 35 heavy (non-hydrogen) atoms. The summed E-state index contributed by atoms with van der Waals surface area (Å²) in [4.78, 5) is 29.1. The van der Waals surface area contributed by atoms with Crippen molar-refractivity contribution in [3.05, 3.63) is 59.4 Å². The smallest absolute Gasteiger partial charge is 0.251 e. The predicted molar refractivity (Wildman–Crippen MR) is 133 cm³/mol. The second-order valence-electron chi connectivity index (χ2n) is 8.76. The topological polar surface area (TPSA) is 113 Å². The SMILES string of the molecule is CNC(=O)c1cccc(CNC(=O)CCc2nc3cc(S(=O)(=O)N4CCCCC4)ccc3n2C)c1. The zero-order valence-electron chi connectivity index (χ0n) is 20.1. The number of aromatic nitrogens is 2. The monoisotopic (exact) mass is 497 g/mol. The number of hydrogen-bond acceptors (Lipinski definition) is 5. The Morgan fingerprint density at radius 1 is 1.06 bits per heavy atom. The molecular weight excluding hydrogens is 466 g/mol. The number of aryl methyl sites for hydroxylation is 2. The van der Waals surface area contributed by atoms with Gasteiger partial charge in [-0.2, -0.15) is 4.31 Å². The number of nitrogens with one attached hydrogen (secondary N) is 2. The number of sulfonamides is 1. The molecule has 1 saturated heterocycles. The van der Waals surface area contributed by atoms with Crippen molar-refractivity contribution in [2.24, 2.45) is 7.05 Å². The molecule has 0 unspecified atom stereocenters. The first kappa shape index (κ1) is 24.9. The average molecular weight is 498 g/mol. The number of carbonyl (C=O) groups excluding carboxylic acids is 2. The molecule has 2 heterocycles. The molecule has 2 N–H and O–H groups in total. The van der Waals surface area contributed by atoms with E-state index < -0.39 is 10.0 Å².